The molecule has 32 heavy (non-hydrogen) atoms. The van der Waals surface area contributed by atoms with Gasteiger partial charge in [0.25, 0.3) is 5.91 Å². The van der Waals surface area contributed by atoms with E-state index in [4.69, 9.17) is 0 Å². The normalized spacial score (nSPS) is 15.6. The highest BCUT2D eigenvalue weighted by molar-refractivity contribution is 7.16. The summed E-state index contributed by atoms with van der Waals surface area (Å²) in [4.78, 5) is 31.8. The fourth-order valence-corrected chi connectivity index (χ4v) is 4.75. The van der Waals surface area contributed by atoms with Crippen molar-refractivity contribution in [3.63, 3.8) is 0 Å². The van der Waals surface area contributed by atoms with Crippen LogP contribution in [-0.2, 0) is 11.3 Å². The molecule has 2 N–H and O–H groups in total. The predicted molar refractivity (Wildman–Crippen MR) is 130 cm³/mol. The molecule has 168 valence electrons. The fraction of sp³-hybridized carbons (Fsp3) is 0.400. The van der Waals surface area contributed by atoms with E-state index in [1.807, 2.05) is 51.1 Å². The van der Waals surface area contributed by atoms with E-state index in [2.05, 4.69) is 26.6 Å². The van der Waals surface area contributed by atoms with Crippen molar-refractivity contribution < 1.29 is 9.59 Å². The van der Waals surface area contributed by atoms with Crippen LogP contribution in [0.25, 0.3) is 10.2 Å². The number of fused-ring (bicyclic) bond motifs is 1. The number of thiazole rings is 1. The molecule has 1 aliphatic rings. The summed E-state index contributed by atoms with van der Waals surface area (Å²) in [6.45, 7) is 8.65. The van der Waals surface area contributed by atoms with Gasteiger partial charge in [0.15, 0.2) is 0 Å². The van der Waals surface area contributed by atoms with Crippen LogP contribution in [-0.4, -0.2) is 40.3 Å². The van der Waals surface area contributed by atoms with Gasteiger partial charge < -0.3 is 10.6 Å². The topological polar surface area (TPSA) is 74.3 Å². The second kappa shape index (κ2) is 9.38. The van der Waals surface area contributed by atoms with E-state index in [1.54, 1.807) is 11.6 Å². The van der Waals surface area contributed by atoms with Gasteiger partial charge in [0.1, 0.15) is 0 Å². The number of nitrogens with one attached hydrogen (secondary N) is 2. The van der Waals surface area contributed by atoms with E-state index < -0.39 is 0 Å². The van der Waals surface area contributed by atoms with Crippen molar-refractivity contribution in [1.82, 2.24) is 15.2 Å². The molecule has 0 atom stereocenters. The van der Waals surface area contributed by atoms with Gasteiger partial charge in [0, 0.05) is 29.3 Å². The first-order valence-corrected chi connectivity index (χ1v) is 11.9. The van der Waals surface area contributed by atoms with Crippen LogP contribution in [0.5, 0.6) is 0 Å². The third-order valence-electron chi connectivity index (χ3n) is 5.64. The van der Waals surface area contributed by atoms with E-state index in [1.165, 1.54) is 11.3 Å². The van der Waals surface area contributed by atoms with Crippen LogP contribution in [0.2, 0.25) is 0 Å². The zero-order chi connectivity index (χ0) is 22.7. The molecule has 0 saturated carbocycles. The van der Waals surface area contributed by atoms with Crippen LogP contribution in [0, 0.1) is 5.92 Å². The number of rotatable bonds is 5. The summed E-state index contributed by atoms with van der Waals surface area (Å²) in [7, 11) is 0. The Morgan fingerprint density at radius 3 is 2.66 bits per heavy atom. The number of nitrogens with zero attached hydrogens (tertiary/aromatic N) is 2. The maximum Gasteiger partial charge on any atom is 0.255 e. The summed E-state index contributed by atoms with van der Waals surface area (Å²) in [5, 5.41) is 6.11. The lowest BCUT2D eigenvalue weighted by Gasteiger charge is -2.33. The Morgan fingerprint density at radius 2 is 1.91 bits per heavy atom. The highest BCUT2D eigenvalue weighted by Crippen LogP contribution is 2.22. The molecule has 3 aromatic rings. The van der Waals surface area contributed by atoms with Crippen LogP contribution in [0.4, 0.5) is 5.69 Å². The first kappa shape index (κ1) is 22.4. The lowest BCUT2D eigenvalue weighted by molar-refractivity contribution is -0.127. The molecule has 2 amide bonds. The zero-order valence-electron chi connectivity index (χ0n) is 18.9. The number of anilines is 1. The summed E-state index contributed by atoms with van der Waals surface area (Å²) in [5.41, 5.74) is 5.08. The number of carbonyl (C=O) groups is 2. The van der Waals surface area contributed by atoms with Crippen molar-refractivity contribution in [3.8, 4) is 0 Å². The average molecular weight is 451 g/mol. The van der Waals surface area contributed by atoms with Gasteiger partial charge in [-0.1, -0.05) is 12.1 Å². The highest BCUT2D eigenvalue weighted by Gasteiger charge is 2.27. The van der Waals surface area contributed by atoms with Crippen LogP contribution in [0.3, 0.4) is 0 Å². The molecule has 0 aliphatic carbocycles. The molecule has 0 unspecified atom stereocenters. The lowest BCUT2D eigenvalue weighted by Crippen LogP contribution is -2.46. The fourth-order valence-electron chi connectivity index (χ4n) is 4.03. The Bertz CT molecular complexity index is 1110. The second-order valence-electron chi connectivity index (χ2n) is 9.48. The molecule has 1 saturated heterocycles. The Morgan fingerprint density at radius 1 is 1.12 bits per heavy atom. The average Bonchev–Trinajstić information content (AvgIpc) is 3.21. The molecule has 4 rings (SSSR count). The zero-order valence-corrected chi connectivity index (χ0v) is 19.7. The standard InChI is InChI=1S/C25H30N4O2S/c1-25(2,3)28-24(31)18-9-11-29(12-10-18)15-17-5-4-6-20(13-17)27-23(30)19-7-8-21-22(14-19)32-16-26-21/h4-8,13-14,16,18H,9-12,15H2,1-3H3,(H,27,30)(H,28,31). The minimum atomic E-state index is -0.189. The Kier molecular flexibility index (Phi) is 6.58. The number of benzene rings is 2. The molecule has 7 heteroatoms. The van der Waals surface area contributed by atoms with Gasteiger partial charge in [-0.3, -0.25) is 14.5 Å². The third-order valence-corrected chi connectivity index (χ3v) is 6.43. The Balaban J connectivity index is 1.32. The number of aromatic nitrogens is 1. The summed E-state index contributed by atoms with van der Waals surface area (Å²) >= 11 is 1.53. The molecule has 1 fully saturated rings. The quantitative estimate of drug-likeness (QED) is 0.592. The van der Waals surface area contributed by atoms with Gasteiger partial charge in [-0.25, -0.2) is 4.98 Å². The summed E-state index contributed by atoms with van der Waals surface area (Å²) in [6.07, 6.45) is 1.75. The first-order chi connectivity index (χ1) is 15.3. The minimum Gasteiger partial charge on any atom is -0.351 e. The van der Waals surface area contributed by atoms with Gasteiger partial charge in [-0.2, -0.15) is 0 Å². The predicted octanol–water partition coefficient (Wildman–Crippen LogP) is 4.68. The number of amides is 2. The molecule has 2 heterocycles. The van der Waals surface area contributed by atoms with E-state index in [0.29, 0.717) is 5.56 Å². The number of hydrogen-bond acceptors (Lipinski definition) is 5. The maximum absolute atomic E-state index is 12.7. The maximum atomic E-state index is 12.7. The molecule has 2 aromatic carbocycles. The highest BCUT2D eigenvalue weighted by atomic mass is 32.1. The Labute approximate surface area is 193 Å². The first-order valence-electron chi connectivity index (χ1n) is 11.0. The molecule has 0 spiro atoms. The van der Waals surface area contributed by atoms with Gasteiger partial charge in [0.2, 0.25) is 5.91 Å². The van der Waals surface area contributed by atoms with Crippen molar-refractivity contribution in [1.29, 1.82) is 0 Å². The number of hydrogen-bond donors (Lipinski definition) is 2. The van der Waals surface area contributed by atoms with Crippen molar-refractivity contribution in [2.45, 2.75) is 45.7 Å². The van der Waals surface area contributed by atoms with Crippen molar-refractivity contribution in [3.05, 3.63) is 59.1 Å². The lowest BCUT2D eigenvalue weighted by atomic mass is 9.94. The van der Waals surface area contributed by atoms with Crippen LogP contribution in [0.1, 0.15) is 49.5 Å². The number of piperidine rings is 1. The summed E-state index contributed by atoms with van der Waals surface area (Å²) in [5.74, 6) is 0.133. The molecule has 0 radical (unpaired) electrons. The monoisotopic (exact) mass is 450 g/mol. The van der Waals surface area contributed by atoms with Crippen LogP contribution >= 0.6 is 11.3 Å². The molecule has 1 aliphatic heterocycles. The van der Waals surface area contributed by atoms with Crippen molar-refractivity contribution in [2.75, 3.05) is 18.4 Å². The van der Waals surface area contributed by atoms with E-state index in [-0.39, 0.29) is 23.3 Å². The molecular weight excluding hydrogens is 420 g/mol. The van der Waals surface area contributed by atoms with Gasteiger partial charge in [-0.05, 0) is 82.6 Å². The van der Waals surface area contributed by atoms with E-state index in [0.717, 1.165) is 53.9 Å². The Hall–Kier alpha value is -2.77. The molecule has 1 aromatic heterocycles. The van der Waals surface area contributed by atoms with Gasteiger partial charge in [0.05, 0.1) is 15.7 Å². The smallest absolute Gasteiger partial charge is 0.255 e. The number of likely N-dealkylation sites (tertiary alicyclic amines) is 1. The van der Waals surface area contributed by atoms with Gasteiger partial charge in [-0.15, -0.1) is 11.3 Å². The molecule has 6 nitrogen and oxygen atoms in total. The SMILES string of the molecule is CC(C)(C)NC(=O)C1CCN(Cc2cccc(NC(=O)c3ccc4ncsc4c3)c2)CC1. The van der Waals surface area contributed by atoms with Gasteiger partial charge >= 0.3 is 0 Å². The van der Waals surface area contributed by atoms with E-state index >= 15 is 0 Å². The summed E-state index contributed by atoms with van der Waals surface area (Å²) in [6, 6.07) is 13.6. The number of carbonyl (C=O) groups excluding carboxylic acids is 2. The third kappa shape index (κ3) is 5.72. The van der Waals surface area contributed by atoms with Crippen molar-refractivity contribution in [2.24, 2.45) is 5.92 Å². The molecule has 0 bridgehead atoms. The van der Waals surface area contributed by atoms with E-state index in [9.17, 15) is 9.59 Å². The summed E-state index contributed by atoms with van der Waals surface area (Å²) < 4.78 is 1.01. The molecular formula is C25H30N4O2S. The van der Waals surface area contributed by atoms with Crippen LogP contribution in [0.15, 0.2) is 48.0 Å². The van der Waals surface area contributed by atoms with Crippen LogP contribution < -0.4 is 10.6 Å². The second-order valence-corrected chi connectivity index (χ2v) is 10.4. The van der Waals surface area contributed by atoms with Crippen molar-refractivity contribution >= 4 is 39.1 Å². The largest absolute Gasteiger partial charge is 0.351 e. The minimum absolute atomic E-state index is 0.0898.